The summed E-state index contributed by atoms with van der Waals surface area (Å²) in [5.41, 5.74) is 3.19. The summed E-state index contributed by atoms with van der Waals surface area (Å²) in [5, 5.41) is 16.0. The van der Waals surface area contributed by atoms with Gasteiger partial charge < -0.3 is 20.1 Å². The molecule has 3 aromatic rings. The number of nitrogens with zero attached hydrogens (tertiary/aromatic N) is 3. The largest absolute Gasteiger partial charge is 0.490 e. The summed E-state index contributed by atoms with van der Waals surface area (Å²) in [6.45, 7) is 2.08. The molecule has 4 rings (SSSR count). The standard InChI is InChI=1S/C18H16N4O2S.2C2HF3O2/c1-11(23)15-8-12(9-25-15)18(24)22-7-5-13-16(21-10-20-13)17(22)14-4-2-3-6-19-14;2*3-2(4,5)1(6)7/h2-4,6,8-10,17H,5,7H2,1H3,(H,20,21);2*(H,6,7). The average Bonchev–Trinajstić information content (AvgIpc) is 3.53. The van der Waals surface area contributed by atoms with Gasteiger partial charge in [-0.3, -0.25) is 14.6 Å². The molecule has 1 amide bonds. The SMILES string of the molecule is CC(=O)c1cc(C(=O)N2CCc3[nH]cnc3C2c2ccccn2)cs1.O=C(O)C(F)(F)F.O=C(O)C(F)(F)F. The van der Waals surface area contributed by atoms with Crippen LogP contribution >= 0.6 is 11.3 Å². The van der Waals surface area contributed by atoms with Crippen molar-refractivity contribution in [1.82, 2.24) is 19.9 Å². The topological polar surface area (TPSA) is 154 Å². The molecule has 210 valence electrons. The Bertz CT molecular complexity index is 1300. The molecule has 4 heterocycles. The second-order valence-corrected chi connectivity index (χ2v) is 8.44. The molecule has 0 saturated carbocycles. The Morgan fingerprint density at radius 3 is 2.08 bits per heavy atom. The van der Waals surface area contributed by atoms with Crippen molar-refractivity contribution in [2.45, 2.75) is 31.7 Å². The first-order valence-electron chi connectivity index (χ1n) is 10.5. The van der Waals surface area contributed by atoms with Gasteiger partial charge in [0, 0.05) is 30.2 Å². The van der Waals surface area contributed by atoms with E-state index in [-0.39, 0.29) is 17.7 Å². The van der Waals surface area contributed by atoms with Crippen molar-refractivity contribution >= 4 is 35.0 Å². The molecule has 0 fully saturated rings. The van der Waals surface area contributed by atoms with E-state index in [1.165, 1.54) is 18.3 Å². The number of imidazole rings is 1. The number of H-pyrrole nitrogens is 1. The van der Waals surface area contributed by atoms with Crippen LogP contribution in [-0.2, 0) is 16.0 Å². The molecular formula is C22H18F6N4O6S. The Hall–Kier alpha value is -4.28. The van der Waals surface area contributed by atoms with Crippen LogP contribution in [0.25, 0.3) is 0 Å². The molecule has 0 aromatic carbocycles. The number of hydrogen-bond donors (Lipinski definition) is 3. The van der Waals surface area contributed by atoms with Crippen molar-refractivity contribution in [2.75, 3.05) is 6.54 Å². The maximum Gasteiger partial charge on any atom is 0.490 e. The van der Waals surface area contributed by atoms with Crippen LogP contribution in [0.4, 0.5) is 26.3 Å². The number of thiophene rings is 1. The van der Waals surface area contributed by atoms with Crippen LogP contribution < -0.4 is 0 Å². The zero-order valence-electron chi connectivity index (χ0n) is 19.6. The van der Waals surface area contributed by atoms with Gasteiger partial charge in [0.1, 0.15) is 6.04 Å². The molecule has 39 heavy (non-hydrogen) atoms. The summed E-state index contributed by atoms with van der Waals surface area (Å²) < 4.78 is 63.5. The lowest BCUT2D eigenvalue weighted by Crippen LogP contribution is -2.41. The smallest absolute Gasteiger partial charge is 0.475 e. The van der Waals surface area contributed by atoms with Gasteiger partial charge in [0.2, 0.25) is 0 Å². The lowest BCUT2D eigenvalue weighted by Gasteiger charge is -2.34. The first-order valence-corrected chi connectivity index (χ1v) is 11.4. The van der Waals surface area contributed by atoms with Crippen molar-refractivity contribution in [1.29, 1.82) is 0 Å². The first kappa shape index (κ1) is 30.9. The predicted octanol–water partition coefficient (Wildman–Crippen LogP) is 4.12. The number of amides is 1. The number of nitrogens with one attached hydrogen (secondary N) is 1. The number of carbonyl (C=O) groups excluding carboxylic acids is 2. The number of ketones is 1. The molecule has 1 atom stereocenters. The van der Waals surface area contributed by atoms with Gasteiger partial charge in [-0.1, -0.05) is 6.07 Å². The van der Waals surface area contributed by atoms with Gasteiger partial charge in [0.25, 0.3) is 5.91 Å². The average molecular weight is 580 g/mol. The Morgan fingerprint density at radius 2 is 1.62 bits per heavy atom. The molecular weight excluding hydrogens is 562 g/mol. The lowest BCUT2D eigenvalue weighted by molar-refractivity contribution is -0.193. The number of carboxylic acid groups (broad SMARTS) is 2. The van der Waals surface area contributed by atoms with Crippen molar-refractivity contribution in [3.63, 3.8) is 0 Å². The Labute approximate surface area is 218 Å². The van der Waals surface area contributed by atoms with Crippen molar-refractivity contribution < 1.29 is 55.7 Å². The Morgan fingerprint density at radius 1 is 1.03 bits per heavy atom. The van der Waals surface area contributed by atoms with Crippen molar-refractivity contribution in [2.24, 2.45) is 0 Å². The Kier molecular flexibility index (Phi) is 9.92. The van der Waals surface area contributed by atoms with Gasteiger partial charge in [0.15, 0.2) is 5.78 Å². The number of aromatic nitrogens is 3. The normalized spacial score (nSPS) is 14.6. The van der Waals surface area contributed by atoms with Gasteiger partial charge in [-0.25, -0.2) is 14.6 Å². The van der Waals surface area contributed by atoms with Crippen LogP contribution in [0.3, 0.4) is 0 Å². The fourth-order valence-electron chi connectivity index (χ4n) is 3.13. The van der Waals surface area contributed by atoms with E-state index in [2.05, 4.69) is 15.0 Å². The molecule has 0 saturated heterocycles. The number of hydrogen-bond acceptors (Lipinski definition) is 7. The van der Waals surface area contributed by atoms with Crippen molar-refractivity contribution in [3.05, 3.63) is 69.7 Å². The van der Waals surface area contributed by atoms with E-state index in [0.29, 0.717) is 23.4 Å². The van der Waals surface area contributed by atoms with Crippen LogP contribution in [0.1, 0.15) is 50.1 Å². The first-order chi connectivity index (χ1) is 18.0. The predicted molar refractivity (Wildman–Crippen MR) is 121 cm³/mol. The minimum atomic E-state index is -5.08. The molecule has 1 aliphatic rings. The van der Waals surface area contributed by atoms with Gasteiger partial charge >= 0.3 is 24.3 Å². The summed E-state index contributed by atoms with van der Waals surface area (Å²) in [6.07, 6.45) is -6.07. The van der Waals surface area contributed by atoms with E-state index in [0.717, 1.165) is 17.1 Å². The van der Waals surface area contributed by atoms with E-state index in [4.69, 9.17) is 19.8 Å². The van der Waals surface area contributed by atoms with Crippen LogP contribution in [0.15, 0.2) is 42.2 Å². The molecule has 17 heteroatoms. The highest BCUT2D eigenvalue weighted by Crippen LogP contribution is 2.33. The lowest BCUT2D eigenvalue weighted by atomic mass is 9.98. The summed E-state index contributed by atoms with van der Waals surface area (Å²) in [5.74, 6) is -5.65. The highest BCUT2D eigenvalue weighted by Gasteiger charge is 2.39. The Balaban J connectivity index is 0.000000317. The number of carboxylic acids is 2. The fraction of sp³-hybridized carbons (Fsp3) is 0.273. The van der Waals surface area contributed by atoms with E-state index in [9.17, 15) is 35.9 Å². The van der Waals surface area contributed by atoms with Gasteiger partial charge in [-0.2, -0.15) is 26.3 Å². The molecule has 10 nitrogen and oxygen atoms in total. The quantitative estimate of drug-likeness (QED) is 0.309. The zero-order chi connectivity index (χ0) is 29.5. The number of aliphatic carboxylic acids is 2. The number of halogens is 6. The molecule has 1 aliphatic heterocycles. The van der Waals surface area contributed by atoms with Crippen LogP contribution in [0.2, 0.25) is 0 Å². The second kappa shape index (κ2) is 12.5. The van der Waals surface area contributed by atoms with Crippen LogP contribution in [0, 0.1) is 0 Å². The third-order valence-electron chi connectivity index (χ3n) is 4.83. The van der Waals surface area contributed by atoms with E-state index < -0.39 is 24.3 Å². The monoisotopic (exact) mass is 580 g/mol. The number of pyridine rings is 1. The highest BCUT2D eigenvalue weighted by atomic mass is 32.1. The third kappa shape index (κ3) is 8.36. The molecule has 0 radical (unpaired) electrons. The molecule has 3 N–H and O–H groups in total. The maximum atomic E-state index is 13.1. The number of rotatable bonds is 3. The zero-order valence-corrected chi connectivity index (χ0v) is 20.4. The molecule has 3 aromatic heterocycles. The number of aromatic amines is 1. The maximum absolute atomic E-state index is 13.1. The second-order valence-electron chi connectivity index (χ2n) is 7.53. The number of fused-ring (bicyclic) bond motifs is 1. The van der Waals surface area contributed by atoms with Gasteiger partial charge in [0.05, 0.1) is 28.2 Å². The fourth-order valence-corrected chi connectivity index (χ4v) is 3.92. The summed E-state index contributed by atoms with van der Waals surface area (Å²) >= 11 is 1.30. The van der Waals surface area contributed by atoms with E-state index in [1.807, 2.05) is 18.2 Å². The number of alkyl halides is 6. The molecule has 1 unspecified atom stereocenters. The summed E-state index contributed by atoms with van der Waals surface area (Å²) in [7, 11) is 0. The van der Waals surface area contributed by atoms with Gasteiger partial charge in [-0.15, -0.1) is 11.3 Å². The number of Topliss-reactive ketones (excluding diaryl/α,β-unsaturated/α-hetero) is 1. The minimum absolute atomic E-state index is 0.0291. The molecule has 0 spiro atoms. The van der Waals surface area contributed by atoms with E-state index in [1.54, 1.807) is 28.9 Å². The molecule has 0 bridgehead atoms. The summed E-state index contributed by atoms with van der Waals surface area (Å²) in [4.78, 5) is 56.8. The van der Waals surface area contributed by atoms with Gasteiger partial charge in [-0.05, 0) is 25.1 Å². The van der Waals surface area contributed by atoms with Crippen LogP contribution in [0.5, 0.6) is 0 Å². The minimum Gasteiger partial charge on any atom is -0.475 e. The highest BCUT2D eigenvalue weighted by molar-refractivity contribution is 7.12. The third-order valence-corrected chi connectivity index (χ3v) is 5.86. The van der Waals surface area contributed by atoms with E-state index >= 15 is 0 Å². The number of carbonyl (C=O) groups is 4. The molecule has 0 aliphatic carbocycles. The van der Waals surface area contributed by atoms with Crippen molar-refractivity contribution in [3.8, 4) is 0 Å². The van der Waals surface area contributed by atoms with Crippen LogP contribution in [-0.4, -0.2) is 72.6 Å². The summed E-state index contributed by atoms with van der Waals surface area (Å²) in [6, 6.07) is 7.00.